The maximum Gasteiger partial charge on any atom is 0.534 e. The van der Waals surface area contributed by atoms with Crippen LogP contribution < -0.4 is 4.18 Å². The first-order valence-corrected chi connectivity index (χ1v) is 7.76. The summed E-state index contributed by atoms with van der Waals surface area (Å²) in [5, 5.41) is 0. The number of aryl methyl sites for hydroxylation is 1. The molecule has 0 saturated heterocycles. The third-order valence-corrected chi connectivity index (χ3v) is 4.64. The van der Waals surface area contributed by atoms with Crippen molar-refractivity contribution < 1.29 is 30.6 Å². The van der Waals surface area contributed by atoms with E-state index >= 15 is 0 Å². The van der Waals surface area contributed by atoms with Crippen LogP contribution in [0.3, 0.4) is 0 Å². The van der Waals surface area contributed by atoms with Crippen molar-refractivity contribution in [3.8, 4) is 5.75 Å². The Balaban J connectivity index is 2.32. The number of hydrogen-bond acceptors (Lipinski definition) is 4. The maximum atomic E-state index is 12.2. The zero-order chi connectivity index (χ0) is 15.1. The molecule has 0 heterocycles. The second-order valence-corrected chi connectivity index (χ2v) is 6.82. The Bertz CT molecular complexity index is 654. The van der Waals surface area contributed by atoms with Crippen LogP contribution in [0.4, 0.5) is 13.2 Å². The van der Waals surface area contributed by atoms with E-state index in [0.29, 0.717) is 24.0 Å². The van der Waals surface area contributed by atoms with Crippen LogP contribution in [0.2, 0.25) is 0 Å². The summed E-state index contributed by atoms with van der Waals surface area (Å²) < 4.78 is 62.4. The number of hydrogen-bond donors (Lipinski definition) is 0. The van der Waals surface area contributed by atoms with Gasteiger partial charge in [0.1, 0.15) is 5.75 Å². The monoisotopic (exact) mass is 372 g/mol. The van der Waals surface area contributed by atoms with E-state index in [0.717, 1.165) is 12.1 Å². The van der Waals surface area contributed by atoms with Crippen molar-refractivity contribution >= 4 is 31.8 Å². The first-order chi connectivity index (χ1) is 9.12. The average molecular weight is 373 g/mol. The highest BCUT2D eigenvalue weighted by atomic mass is 79.9. The number of rotatable bonds is 2. The number of benzene rings is 1. The van der Waals surface area contributed by atoms with Gasteiger partial charge in [-0.1, -0.05) is 15.9 Å². The second-order valence-electron chi connectivity index (χ2n) is 4.17. The van der Waals surface area contributed by atoms with Crippen LogP contribution in [0.1, 0.15) is 22.3 Å². The fourth-order valence-corrected chi connectivity index (χ4v) is 2.75. The molecule has 0 aliphatic heterocycles. The number of alkyl halides is 4. The molecule has 1 aromatic carbocycles. The maximum absolute atomic E-state index is 12.2. The fraction of sp³-hybridized carbons (Fsp3) is 0.364. The Labute approximate surface area is 121 Å². The van der Waals surface area contributed by atoms with Gasteiger partial charge in [-0.15, -0.1) is 0 Å². The molecule has 1 aromatic rings. The van der Waals surface area contributed by atoms with E-state index in [-0.39, 0.29) is 10.6 Å². The minimum atomic E-state index is -5.70. The molecule has 110 valence electrons. The molecule has 1 unspecified atom stereocenters. The zero-order valence-corrected chi connectivity index (χ0v) is 12.2. The standard InChI is InChI=1S/C11H8BrF3O4S/c12-9-4-1-6-5-7(2-3-8(6)10(9)16)19-20(17,18)11(13,14)15/h2-3,5,9H,1,4H2. The second kappa shape index (κ2) is 5.03. The normalized spacial score (nSPS) is 19.6. The molecule has 2 rings (SSSR count). The van der Waals surface area contributed by atoms with Crippen LogP contribution in [-0.4, -0.2) is 24.5 Å². The summed E-state index contributed by atoms with van der Waals surface area (Å²) in [5.41, 5.74) is -4.66. The molecule has 0 amide bonds. The molecule has 0 fully saturated rings. The average Bonchev–Trinajstić information content (AvgIpc) is 2.32. The SMILES string of the molecule is O=C1c2ccc(OS(=O)(=O)C(F)(F)F)cc2CCC1Br. The van der Waals surface area contributed by atoms with Gasteiger partial charge in [0.2, 0.25) is 0 Å². The van der Waals surface area contributed by atoms with Crippen molar-refractivity contribution in [3.05, 3.63) is 29.3 Å². The van der Waals surface area contributed by atoms with Crippen LogP contribution in [0.5, 0.6) is 5.75 Å². The molecular formula is C11H8BrF3O4S. The van der Waals surface area contributed by atoms with E-state index < -0.39 is 21.4 Å². The van der Waals surface area contributed by atoms with E-state index in [4.69, 9.17) is 0 Å². The van der Waals surface area contributed by atoms with Gasteiger partial charge in [0.05, 0.1) is 4.83 Å². The van der Waals surface area contributed by atoms with Gasteiger partial charge in [-0.05, 0) is 36.6 Å². The van der Waals surface area contributed by atoms with E-state index in [2.05, 4.69) is 20.1 Å². The van der Waals surface area contributed by atoms with Crippen molar-refractivity contribution in [2.24, 2.45) is 0 Å². The Kier molecular flexibility index (Phi) is 3.85. The molecule has 0 radical (unpaired) electrons. The van der Waals surface area contributed by atoms with E-state index in [1.807, 2.05) is 0 Å². The van der Waals surface area contributed by atoms with Gasteiger partial charge in [-0.25, -0.2) is 0 Å². The Morgan fingerprint density at radius 2 is 1.95 bits per heavy atom. The number of halogens is 4. The lowest BCUT2D eigenvalue weighted by atomic mass is 9.90. The summed E-state index contributed by atoms with van der Waals surface area (Å²) in [7, 11) is -5.70. The zero-order valence-electron chi connectivity index (χ0n) is 9.78. The molecule has 0 bridgehead atoms. The lowest BCUT2D eigenvalue weighted by Gasteiger charge is -2.19. The van der Waals surface area contributed by atoms with Crippen LogP contribution in [-0.2, 0) is 16.5 Å². The van der Waals surface area contributed by atoms with Gasteiger partial charge in [-0.2, -0.15) is 21.6 Å². The number of fused-ring (bicyclic) bond motifs is 1. The number of carbonyl (C=O) groups is 1. The van der Waals surface area contributed by atoms with Gasteiger partial charge >= 0.3 is 15.6 Å². The summed E-state index contributed by atoms with van der Waals surface area (Å²) in [6.07, 6.45) is 0.932. The van der Waals surface area contributed by atoms with E-state index in [9.17, 15) is 26.4 Å². The molecule has 1 aliphatic rings. The lowest BCUT2D eigenvalue weighted by molar-refractivity contribution is -0.0500. The van der Waals surface area contributed by atoms with Gasteiger partial charge in [0.15, 0.2) is 5.78 Å². The topological polar surface area (TPSA) is 60.4 Å². The van der Waals surface area contributed by atoms with Crippen molar-refractivity contribution in [2.45, 2.75) is 23.2 Å². The summed E-state index contributed by atoms with van der Waals surface area (Å²) in [5.74, 6) is -0.640. The van der Waals surface area contributed by atoms with Gasteiger partial charge in [-0.3, -0.25) is 4.79 Å². The Morgan fingerprint density at radius 1 is 1.30 bits per heavy atom. The quantitative estimate of drug-likeness (QED) is 0.455. The van der Waals surface area contributed by atoms with Crippen molar-refractivity contribution in [2.75, 3.05) is 0 Å². The van der Waals surface area contributed by atoms with Gasteiger partial charge in [0, 0.05) is 5.56 Å². The van der Waals surface area contributed by atoms with Gasteiger partial charge < -0.3 is 4.18 Å². The molecular weight excluding hydrogens is 365 g/mol. The van der Waals surface area contributed by atoms with Crippen molar-refractivity contribution in [1.29, 1.82) is 0 Å². The number of ketones is 1. The largest absolute Gasteiger partial charge is 0.534 e. The highest BCUT2D eigenvalue weighted by Crippen LogP contribution is 2.31. The van der Waals surface area contributed by atoms with E-state index in [1.54, 1.807) is 0 Å². The van der Waals surface area contributed by atoms with Crippen LogP contribution in [0.15, 0.2) is 18.2 Å². The predicted molar refractivity (Wildman–Crippen MR) is 67.4 cm³/mol. The first-order valence-electron chi connectivity index (χ1n) is 5.44. The van der Waals surface area contributed by atoms with Gasteiger partial charge in [0.25, 0.3) is 0 Å². The third-order valence-electron chi connectivity index (χ3n) is 2.78. The molecule has 0 saturated carbocycles. The summed E-state index contributed by atoms with van der Waals surface area (Å²) in [6, 6.07) is 3.45. The van der Waals surface area contributed by atoms with Crippen LogP contribution in [0.25, 0.3) is 0 Å². The first kappa shape index (κ1) is 15.3. The molecule has 4 nitrogen and oxygen atoms in total. The molecule has 9 heteroatoms. The molecule has 20 heavy (non-hydrogen) atoms. The minimum Gasteiger partial charge on any atom is -0.376 e. The lowest BCUT2D eigenvalue weighted by Crippen LogP contribution is -2.28. The smallest absolute Gasteiger partial charge is 0.376 e. The predicted octanol–water partition coefficient (Wildman–Crippen LogP) is 2.81. The summed E-state index contributed by atoms with van der Waals surface area (Å²) in [4.78, 5) is 11.5. The summed E-state index contributed by atoms with van der Waals surface area (Å²) >= 11 is 3.19. The third kappa shape index (κ3) is 2.83. The molecule has 0 spiro atoms. The van der Waals surface area contributed by atoms with Crippen LogP contribution >= 0.6 is 15.9 Å². The van der Waals surface area contributed by atoms with Crippen molar-refractivity contribution in [1.82, 2.24) is 0 Å². The number of Topliss-reactive ketones (excluding diaryl/α,β-unsaturated/α-hetero) is 1. The molecule has 0 aromatic heterocycles. The highest BCUT2D eigenvalue weighted by Gasteiger charge is 2.48. The molecule has 0 N–H and O–H groups in total. The van der Waals surface area contributed by atoms with E-state index in [1.165, 1.54) is 6.07 Å². The highest BCUT2D eigenvalue weighted by molar-refractivity contribution is 9.10. The van der Waals surface area contributed by atoms with Crippen LogP contribution in [0, 0.1) is 0 Å². The number of carbonyl (C=O) groups excluding carboxylic acids is 1. The molecule has 1 aliphatic carbocycles. The molecule has 1 atom stereocenters. The Hall–Kier alpha value is -1.09. The Morgan fingerprint density at radius 3 is 2.55 bits per heavy atom. The summed E-state index contributed by atoms with van der Waals surface area (Å²) in [6.45, 7) is 0. The van der Waals surface area contributed by atoms with Crippen molar-refractivity contribution in [3.63, 3.8) is 0 Å². The fourth-order valence-electron chi connectivity index (χ4n) is 1.83. The minimum absolute atomic E-state index is 0.184.